The van der Waals surface area contributed by atoms with Gasteiger partial charge in [0, 0.05) is 6.04 Å². The molecule has 0 bridgehead atoms. The third kappa shape index (κ3) is 5.04. The van der Waals surface area contributed by atoms with Crippen molar-refractivity contribution >= 4 is 5.91 Å². The Hall–Kier alpha value is -1.29. The highest BCUT2D eigenvalue weighted by atomic mass is 16.3. The molecule has 96 valence electrons. The summed E-state index contributed by atoms with van der Waals surface area (Å²) in [7, 11) is 0. The molecule has 2 atom stereocenters. The van der Waals surface area contributed by atoms with E-state index in [1.54, 1.807) is 6.26 Å². The second-order valence-corrected chi connectivity index (χ2v) is 4.38. The molecule has 0 radical (unpaired) electrons. The predicted molar refractivity (Wildman–Crippen MR) is 67.6 cm³/mol. The number of furan rings is 1. The van der Waals surface area contributed by atoms with E-state index in [1.807, 2.05) is 26.0 Å². The van der Waals surface area contributed by atoms with Gasteiger partial charge in [-0.25, -0.2) is 0 Å². The van der Waals surface area contributed by atoms with Crippen molar-refractivity contribution in [1.82, 2.24) is 10.6 Å². The lowest BCUT2D eigenvalue weighted by atomic mass is 10.2. The summed E-state index contributed by atoms with van der Waals surface area (Å²) in [5.41, 5.74) is 0. The summed E-state index contributed by atoms with van der Waals surface area (Å²) in [6.45, 7) is 6.43. The van der Waals surface area contributed by atoms with E-state index in [4.69, 9.17) is 4.42 Å². The van der Waals surface area contributed by atoms with Crippen LogP contribution in [0, 0.1) is 0 Å². The fourth-order valence-electron chi connectivity index (χ4n) is 1.72. The van der Waals surface area contributed by atoms with Gasteiger partial charge in [0.25, 0.3) is 0 Å². The molecule has 0 saturated carbocycles. The summed E-state index contributed by atoms with van der Waals surface area (Å²) in [4.78, 5) is 11.6. The Kier molecular flexibility index (Phi) is 5.77. The third-order valence-corrected chi connectivity index (χ3v) is 2.67. The van der Waals surface area contributed by atoms with E-state index in [9.17, 15) is 4.79 Å². The van der Waals surface area contributed by atoms with Crippen LogP contribution in [0.25, 0.3) is 0 Å². The fraction of sp³-hybridized carbons (Fsp3) is 0.615. The Labute approximate surface area is 103 Å². The van der Waals surface area contributed by atoms with Crippen LogP contribution in [0.3, 0.4) is 0 Å². The zero-order valence-electron chi connectivity index (χ0n) is 10.8. The molecule has 1 heterocycles. The van der Waals surface area contributed by atoms with E-state index in [-0.39, 0.29) is 18.0 Å². The van der Waals surface area contributed by atoms with E-state index in [0.717, 1.165) is 18.6 Å². The molecule has 1 aromatic heterocycles. The van der Waals surface area contributed by atoms with Crippen molar-refractivity contribution < 1.29 is 9.21 Å². The molecule has 1 aromatic rings. The van der Waals surface area contributed by atoms with Crippen LogP contribution >= 0.6 is 0 Å². The normalized spacial score (nSPS) is 14.3. The number of rotatable bonds is 7. The standard InChI is InChI=1S/C13H22N2O2/c1-4-6-10(2)15-13(16)9-14-11(3)12-7-5-8-17-12/h5,7-8,10-11,14H,4,6,9H2,1-3H3,(H,15,16). The average Bonchev–Trinajstić information content (AvgIpc) is 2.79. The van der Waals surface area contributed by atoms with Crippen LogP contribution in [0.2, 0.25) is 0 Å². The topological polar surface area (TPSA) is 54.3 Å². The minimum atomic E-state index is 0.0318. The van der Waals surface area contributed by atoms with Crippen molar-refractivity contribution in [2.45, 2.75) is 45.7 Å². The van der Waals surface area contributed by atoms with Crippen LogP contribution in [0.15, 0.2) is 22.8 Å². The zero-order valence-corrected chi connectivity index (χ0v) is 10.8. The molecule has 1 amide bonds. The maximum atomic E-state index is 11.6. The highest BCUT2D eigenvalue weighted by Crippen LogP contribution is 2.11. The van der Waals surface area contributed by atoms with Crippen LogP contribution in [-0.2, 0) is 4.79 Å². The molecular formula is C13H22N2O2. The summed E-state index contributed by atoms with van der Waals surface area (Å²) >= 11 is 0. The summed E-state index contributed by atoms with van der Waals surface area (Å²) in [6, 6.07) is 4.04. The minimum absolute atomic E-state index is 0.0318. The van der Waals surface area contributed by atoms with Gasteiger partial charge in [-0.05, 0) is 32.4 Å². The molecule has 2 N–H and O–H groups in total. The Morgan fingerprint density at radius 1 is 1.47 bits per heavy atom. The van der Waals surface area contributed by atoms with E-state index in [0.29, 0.717) is 6.54 Å². The van der Waals surface area contributed by atoms with Crippen LogP contribution in [0.5, 0.6) is 0 Å². The quantitative estimate of drug-likeness (QED) is 0.766. The highest BCUT2D eigenvalue weighted by molar-refractivity contribution is 5.78. The first-order valence-corrected chi connectivity index (χ1v) is 6.19. The maximum Gasteiger partial charge on any atom is 0.234 e. The number of hydrogen-bond donors (Lipinski definition) is 2. The van der Waals surface area contributed by atoms with Crippen molar-refractivity contribution in [3.8, 4) is 0 Å². The second kappa shape index (κ2) is 7.12. The minimum Gasteiger partial charge on any atom is -0.468 e. The van der Waals surface area contributed by atoms with E-state index >= 15 is 0 Å². The Morgan fingerprint density at radius 3 is 2.82 bits per heavy atom. The van der Waals surface area contributed by atoms with Gasteiger partial charge in [0.15, 0.2) is 0 Å². The molecule has 17 heavy (non-hydrogen) atoms. The summed E-state index contributed by atoms with van der Waals surface area (Å²) in [5, 5.41) is 6.08. The molecule has 2 unspecified atom stereocenters. The van der Waals surface area contributed by atoms with E-state index in [1.165, 1.54) is 0 Å². The van der Waals surface area contributed by atoms with Crippen molar-refractivity contribution in [3.63, 3.8) is 0 Å². The molecular weight excluding hydrogens is 216 g/mol. The summed E-state index contributed by atoms with van der Waals surface area (Å²) in [5.74, 6) is 0.878. The Morgan fingerprint density at radius 2 is 2.24 bits per heavy atom. The van der Waals surface area contributed by atoms with E-state index < -0.39 is 0 Å². The van der Waals surface area contributed by atoms with Crippen molar-refractivity contribution in [1.29, 1.82) is 0 Å². The van der Waals surface area contributed by atoms with Crippen molar-refractivity contribution in [2.75, 3.05) is 6.54 Å². The van der Waals surface area contributed by atoms with Gasteiger partial charge in [0.2, 0.25) is 5.91 Å². The number of nitrogens with one attached hydrogen (secondary N) is 2. The second-order valence-electron chi connectivity index (χ2n) is 4.38. The zero-order chi connectivity index (χ0) is 12.7. The maximum absolute atomic E-state index is 11.6. The van der Waals surface area contributed by atoms with Gasteiger partial charge < -0.3 is 9.73 Å². The van der Waals surface area contributed by atoms with Crippen molar-refractivity contribution in [3.05, 3.63) is 24.2 Å². The van der Waals surface area contributed by atoms with Crippen LogP contribution in [0.1, 0.15) is 45.4 Å². The predicted octanol–water partition coefficient (Wildman–Crippen LogP) is 2.23. The fourth-order valence-corrected chi connectivity index (χ4v) is 1.72. The van der Waals surface area contributed by atoms with Crippen LogP contribution in [0.4, 0.5) is 0 Å². The first-order valence-electron chi connectivity index (χ1n) is 6.19. The largest absolute Gasteiger partial charge is 0.468 e. The smallest absolute Gasteiger partial charge is 0.234 e. The van der Waals surface area contributed by atoms with Crippen LogP contribution in [-0.4, -0.2) is 18.5 Å². The Balaban J connectivity index is 2.24. The molecule has 4 heteroatoms. The molecule has 4 nitrogen and oxygen atoms in total. The van der Waals surface area contributed by atoms with Crippen molar-refractivity contribution in [2.24, 2.45) is 0 Å². The van der Waals surface area contributed by atoms with Gasteiger partial charge in [-0.3, -0.25) is 10.1 Å². The monoisotopic (exact) mass is 238 g/mol. The Bertz CT molecular complexity index is 322. The molecule has 1 rings (SSSR count). The summed E-state index contributed by atoms with van der Waals surface area (Å²) < 4.78 is 5.25. The lowest BCUT2D eigenvalue weighted by molar-refractivity contribution is -0.121. The lowest BCUT2D eigenvalue weighted by Crippen LogP contribution is -2.39. The molecule has 0 aliphatic rings. The number of hydrogen-bond acceptors (Lipinski definition) is 3. The number of carbonyl (C=O) groups excluding carboxylic acids is 1. The molecule has 0 saturated heterocycles. The van der Waals surface area contributed by atoms with Gasteiger partial charge in [0.1, 0.15) is 5.76 Å². The number of amides is 1. The molecule has 0 aromatic carbocycles. The lowest BCUT2D eigenvalue weighted by Gasteiger charge is -2.15. The molecule has 0 aliphatic carbocycles. The number of carbonyl (C=O) groups is 1. The first kappa shape index (κ1) is 13.8. The summed E-state index contributed by atoms with van der Waals surface area (Å²) in [6.07, 6.45) is 3.73. The van der Waals surface area contributed by atoms with Gasteiger partial charge in [0.05, 0.1) is 18.8 Å². The third-order valence-electron chi connectivity index (χ3n) is 2.67. The first-order chi connectivity index (χ1) is 8.13. The van der Waals surface area contributed by atoms with Gasteiger partial charge in [-0.15, -0.1) is 0 Å². The molecule has 0 spiro atoms. The van der Waals surface area contributed by atoms with E-state index in [2.05, 4.69) is 17.6 Å². The average molecular weight is 238 g/mol. The van der Waals surface area contributed by atoms with Gasteiger partial charge in [-0.1, -0.05) is 13.3 Å². The van der Waals surface area contributed by atoms with Gasteiger partial charge in [-0.2, -0.15) is 0 Å². The van der Waals surface area contributed by atoms with Crippen LogP contribution < -0.4 is 10.6 Å². The molecule has 0 aliphatic heterocycles. The van der Waals surface area contributed by atoms with Gasteiger partial charge >= 0.3 is 0 Å². The SMILES string of the molecule is CCCC(C)NC(=O)CNC(C)c1ccco1. The molecule has 0 fully saturated rings. The highest BCUT2D eigenvalue weighted by Gasteiger charge is 2.10.